The van der Waals surface area contributed by atoms with E-state index in [9.17, 15) is 9.59 Å². The zero-order chi connectivity index (χ0) is 20.3. The molecule has 0 bridgehead atoms. The predicted octanol–water partition coefficient (Wildman–Crippen LogP) is 3.23. The minimum atomic E-state index is -0.460. The molecule has 5 nitrogen and oxygen atoms in total. The molecule has 0 aliphatic heterocycles. The van der Waals surface area contributed by atoms with Crippen LogP contribution in [0.25, 0.3) is 16.6 Å². The number of aryl methyl sites for hydroxylation is 2. The summed E-state index contributed by atoms with van der Waals surface area (Å²) in [6.45, 7) is 5.86. The van der Waals surface area contributed by atoms with Crippen molar-refractivity contribution in [3.8, 4) is 18.0 Å². The van der Waals surface area contributed by atoms with Gasteiger partial charge in [-0.05, 0) is 50.1 Å². The number of para-hydroxylation sites is 1. The second kappa shape index (κ2) is 8.32. The van der Waals surface area contributed by atoms with E-state index >= 15 is 0 Å². The van der Waals surface area contributed by atoms with Crippen LogP contribution in [0, 0.1) is 26.2 Å². The van der Waals surface area contributed by atoms with E-state index in [4.69, 9.17) is 11.4 Å². The molecule has 3 aromatic rings. The zero-order valence-corrected chi connectivity index (χ0v) is 16.8. The Hall–Kier alpha value is -3.04. The van der Waals surface area contributed by atoms with Crippen molar-refractivity contribution in [3.05, 3.63) is 63.9 Å². The van der Waals surface area contributed by atoms with Crippen LogP contribution in [0.2, 0.25) is 0 Å². The summed E-state index contributed by atoms with van der Waals surface area (Å²) in [5.41, 5.74) is 3.21. The third kappa shape index (κ3) is 3.95. The number of hydrogen-bond donors (Lipinski definition) is 1. The van der Waals surface area contributed by atoms with Crippen molar-refractivity contribution in [1.29, 1.82) is 0 Å². The first-order valence-corrected chi connectivity index (χ1v) is 9.77. The number of thioether (sulfide) groups is 1. The summed E-state index contributed by atoms with van der Waals surface area (Å²) in [4.78, 5) is 30.3. The number of benzene rings is 2. The van der Waals surface area contributed by atoms with Crippen LogP contribution in [-0.2, 0) is 4.79 Å². The second-order valence-corrected chi connectivity index (χ2v) is 7.83. The molecule has 1 atom stereocenters. The fourth-order valence-corrected chi connectivity index (χ4v) is 3.80. The largest absolute Gasteiger partial charge is 0.344 e. The van der Waals surface area contributed by atoms with Crippen LogP contribution in [0.3, 0.4) is 0 Å². The Labute approximate surface area is 168 Å². The predicted molar refractivity (Wildman–Crippen MR) is 114 cm³/mol. The molecule has 6 heteroatoms. The fraction of sp³-hybridized carbons (Fsp3) is 0.227. The van der Waals surface area contributed by atoms with Gasteiger partial charge in [-0.2, -0.15) is 0 Å². The summed E-state index contributed by atoms with van der Waals surface area (Å²) in [7, 11) is 0. The summed E-state index contributed by atoms with van der Waals surface area (Å²) in [6.07, 6.45) is 5.21. The summed E-state index contributed by atoms with van der Waals surface area (Å²) in [5, 5.41) is 3.22. The average Bonchev–Trinajstić information content (AvgIpc) is 2.68. The van der Waals surface area contributed by atoms with Gasteiger partial charge >= 0.3 is 0 Å². The van der Waals surface area contributed by atoms with Gasteiger partial charge in [0.2, 0.25) is 5.91 Å². The lowest BCUT2D eigenvalue weighted by Crippen LogP contribution is -2.32. The second-order valence-electron chi connectivity index (χ2n) is 6.52. The maximum atomic E-state index is 13.3. The molecule has 1 amide bonds. The monoisotopic (exact) mass is 391 g/mol. The molecule has 2 aromatic carbocycles. The van der Waals surface area contributed by atoms with E-state index in [1.54, 1.807) is 23.6 Å². The van der Waals surface area contributed by atoms with E-state index in [0.717, 1.165) is 16.8 Å². The number of carbonyl (C=O) groups is 1. The van der Waals surface area contributed by atoms with Crippen molar-refractivity contribution in [2.45, 2.75) is 31.2 Å². The first-order valence-electron chi connectivity index (χ1n) is 8.89. The van der Waals surface area contributed by atoms with Gasteiger partial charge in [-0.25, -0.2) is 4.98 Å². The van der Waals surface area contributed by atoms with E-state index in [-0.39, 0.29) is 18.0 Å². The van der Waals surface area contributed by atoms with Gasteiger partial charge in [-0.1, -0.05) is 41.9 Å². The molecule has 0 fully saturated rings. The molecule has 3 rings (SSSR count). The molecule has 0 aliphatic rings. The van der Waals surface area contributed by atoms with Gasteiger partial charge < -0.3 is 5.32 Å². The third-order valence-corrected chi connectivity index (χ3v) is 5.42. The number of hydrogen-bond acceptors (Lipinski definition) is 4. The normalized spacial score (nSPS) is 11.8. The molecule has 1 N–H and O–H groups in total. The van der Waals surface area contributed by atoms with E-state index in [1.165, 1.54) is 11.8 Å². The van der Waals surface area contributed by atoms with Gasteiger partial charge in [0.25, 0.3) is 5.56 Å². The van der Waals surface area contributed by atoms with Crippen molar-refractivity contribution in [3.63, 3.8) is 0 Å². The molecule has 1 heterocycles. The van der Waals surface area contributed by atoms with E-state index in [0.29, 0.717) is 16.1 Å². The molecular weight excluding hydrogens is 370 g/mol. The maximum absolute atomic E-state index is 13.3. The molecule has 0 aliphatic carbocycles. The van der Waals surface area contributed by atoms with Crippen LogP contribution in [0.4, 0.5) is 0 Å². The third-order valence-electron chi connectivity index (χ3n) is 4.37. The first-order chi connectivity index (χ1) is 13.4. The SMILES string of the molecule is C#CCNC(=O)C(C)Sc1nc2ccccc2c(=O)n1-c1cc(C)ccc1C. The van der Waals surface area contributed by atoms with Gasteiger partial charge in [-0.3, -0.25) is 14.2 Å². The summed E-state index contributed by atoms with van der Waals surface area (Å²) in [6, 6.07) is 13.2. The van der Waals surface area contributed by atoms with E-state index < -0.39 is 5.25 Å². The fourth-order valence-electron chi connectivity index (χ4n) is 2.86. The van der Waals surface area contributed by atoms with Gasteiger partial charge in [-0.15, -0.1) is 6.42 Å². The van der Waals surface area contributed by atoms with Crippen LogP contribution < -0.4 is 10.9 Å². The lowest BCUT2D eigenvalue weighted by molar-refractivity contribution is -0.120. The maximum Gasteiger partial charge on any atom is 0.266 e. The van der Waals surface area contributed by atoms with Crippen molar-refractivity contribution in [2.75, 3.05) is 6.54 Å². The van der Waals surface area contributed by atoms with Crippen LogP contribution in [0.1, 0.15) is 18.1 Å². The number of nitrogens with zero attached hydrogens (tertiary/aromatic N) is 2. The summed E-state index contributed by atoms with van der Waals surface area (Å²) < 4.78 is 1.60. The first kappa shape index (κ1) is 19.7. The van der Waals surface area contributed by atoms with Crippen molar-refractivity contribution in [2.24, 2.45) is 0 Å². The molecule has 1 aromatic heterocycles. The lowest BCUT2D eigenvalue weighted by atomic mass is 10.1. The molecular formula is C22H21N3O2S. The van der Waals surface area contributed by atoms with Crippen LogP contribution in [-0.4, -0.2) is 27.3 Å². The number of rotatable bonds is 5. The molecule has 0 saturated heterocycles. The Bertz CT molecular complexity index is 1140. The highest BCUT2D eigenvalue weighted by molar-refractivity contribution is 8.00. The standard InChI is InChI=1S/C22H21N3O2S/c1-5-12-23-20(26)16(4)28-22-24-18-9-7-6-8-17(18)21(27)25(22)19-13-14(2)10-11-15(19)3/h1,6-11,13,16H,12H2,2-4H3,(H,23,26). The Morgan fingerprint density at radius 1 is 1.29 bits per heavy atom. The van der Waals surface area contributed by atoms with E-state index in [1.807, 2.05) is 44.2 Å². The molecule has 28 heavy (non-hydrogen) atoms. The van der Waals surface area contributed by atoms with Gasteiger partial charge in [0, 0.05) is 0 Å². The van der Waals surface area contributed by atoms with Gasteiger partial charge in [0.05, 0.1) is 28.4 Å². The lowest BCUT2D eigenvalue weighted by Gasteiger charge is -2.18. The smallest absolute Gasteiger partial charge is 0.266 e. The van der Waals surface area contributed by atoms with Crippen LogP contribution in [0.15, 0.2) is 52.4 Å². The minimum Gasteiger partial charge on any atom is -0.344 e. The van der Waals surface area contributed by atoms with Crippen molar-refractivity contribution in [1.82, 2.24) is 14.9 Å². The van der Waals surface area contributed by atoms with Crippen LogP contribution in [0.5, 0.6) is 0 Å². The Kier molecular flexibility index (Phi) is 5.86. The summed E-state index contributed by atoms with van der Waals surface area (Å²) in [5.74, 6) is 2.19. The molecule has 0 spiro atoms. The quantitative estimate of drug-likeness (QED) is 0.412. The van der Waals surface area contributed by atoms with Gasteiger partial charge in [0.15, 0.2) is 5.16 Å². The molecule has 1 unspecified atom stereocenters. The van der Waals surface area contributed by atoms with Crippen LogP contribution >= 0.6 is 11.8 Å². The Morgan fingerprint density at radius 3 is 2.79 bits per heavy atom. The topological polar surface area (TPSA) is 64.0 Å². The number of nitrogens with one attached hydrogen (secondary N) is 1. The number of aromatic nitrogens is 2. The van der Waals surface area contributed by atoms with Crippen molar-refractivity contribution < 1.29 is 4.79 Å². The highest BCUT2D eigenvalue weighted by atomic mass is 32.2. The number of carbonyl (C=O) groups excluding carboxylic acids is 1. The number of fused-ring (bicyclic) bond motifs is 1. The molecule has 142 valence electrons. The van der Waals surface area contributed by atoms with Gasteiger partial charge in [0.1, 0.15) is 0 Å². The Balaban J connectivity index is 2.18. The zero-order valence-electron chi connectivity index (χ0n) is 16.0. The Morgan fingerprint density at radius 2 is 2.04 bits per heavy atom. The number of amides is 1. The highest BCUT2D eigenvalue weighted by Gasteiger charge is 2.20. The summed E-state index contributed by atoms with van der Waals surface area (Å²) >= 11 is 1.24. The van der Waals surface area contributed by atoms with E-state index in [2.05, 4.69) is 11.2 Å². The van der Waals surface area contributed by atoms with Crippen molar-refractivity contribution >= 4 is 28.6 Å². The molecule has 0 radical (unpaired) electrons. The highest BCUT2D eigenvalue weighted by Crippen LogP contribution is 2.26. The number of terminal acetylenes is 1. The molecule has 0 saturated carbocycles. The minimum absolute atomic E-state index is 0.155. The average molecular weight is 391 g/mol.